The smallest absolute Gasteiger partial charge is 0.118 e. The first-order chi connectivity index (χ1) is 6.79. The monoisotopic (exact) mass is 312 g/mol. The third-order valence-electron chi connectivity index (χ3n) is 1.82. The molecule has 2 rings (SSSR count). The predicted octanol–water partition coefficient (Wildman–Crippen LogP) is 3.67. The van der Waals surface area contributed by atoms with E-state index in [-0.39, 0.29) is 0 Å². The third-order valence-corrected chi connectivity index (χ3v) is 3.02. The quantitative estimate of drug-likeness (QED) is 0.751. The normalized spacial score (nSPS) is 10.1. The lowest BCUT2D eigenvalue weighted by atomic mass is 10.1. The van der Waals surface area contributed by atoms with Gasteiger partial charge in [-0.25, -0.2) is 9.97 Å². The van der Waals surface area contributed by atoms with Crippen molar-refractivity contribution in [2.45, 2.75) is 0 Å². The van der Waals surface area contributed by atoms with E-state index in [0.29, 0.717) is 0 Å². The number of halogens is 2. The molecule has 0 N–H and O–H groups in total. The van der Waals surface area contributed by atoms with Gasteiger partial charge in [-0.2, -0.15) is 0 Å². The number of hydrogen-bond acceptors (Lipinski definition) is 2. The lowest BCUT2D eigenvalue weighted by molar-refractivity contribution is 1.12. The van der Waals surface area contributed by atoms with E-state index in [1.165, 1.54) is 6.33 Å². The first-order valence-electron chi connectivity index (χ1n) is 4.00. The Morgan fingerprint density at radius 3 is 2.00 bits per heavy atom. The predicted molar refractivity (Wildman–Crippen MR) is 62.9 cm³/mol. The molecule has 0 saturated heterocycles. The zero-order valence-corrected chi connectivity index (χ0v) is 10.3. The van der Waals surface area contributed by atoms with Gasteiger partial charge in [0.2, 0.25) is 0 Å². The molecule has 0 spiro atoms. The van der Waals surface area contributed by atoms with Crippen molar-refractivity contribution >= 4 is 31.9 Å². The van der Waals surface area contributed by atoms with Gasteiger partial charge in [0, 0.05) is 5.56 Å². The lowest BCUT2D eigenvalue weighted by Gasteiger charge is -2.04. The number of rotatable bonds is 1. The Hall–Kier alpha value is -0.740. The molecular formula is C10H6Br2N2. The maximum Gasteiger partial charge on any atom is 0.118 e. The van der Waals surface area contributed by atoms with Crippen LogP contribution in [0.15, 0.2) is 45.9 Å². The van der Waals surface area contributed by atoms with E-state index < -0.39 is 0 Å². The van der Waals surface area contributed by atoms with Gasteiger partial charge in [0.25, 0.3) is 0 Å². The minimum absolute atomic E-state index is 0.797. The van der Waals surface area contributed by atoms with Crippen LogP contribution in [0.4, 0.5) is 0 Å². The van der Waals surface area contributed by atoms with Crippen molar-refractivity contribution in [1.82, 2.24) is 9.97 Å². The summed E-state index contributed by atoms with van der Waals surface area (Å²) in [5.41, 5.74) is 2.07. The van der Waals surface area contributed by atoms with Crippen LogP contribution >= 0.6 is 31.9 Å². The molecule has 0 aliphatic rings. The second-order valence-corrected chi connectivity index (χ2v) is 4.20. The average Bonchev–Trinajstić information content (AvgIpc) is 2.19. The molecule has 70 valence electrons. The van der Waals surface area contributed by atoms with E-state index in [0.717, 1.165) is 20.3 Å². The minimum atomic E-state index is 0.797. The molecule has 0 fully saturated rings. The van der Waals surface area contributed by atoms with Crippen molar-refractivity contribution in [3.05, 3.63) is 45.9 Å². The van der Waals surface area contributed by atoms with E-state index in [4.69, 9.17) is 0 Å². The second-order valence-electron chi connectivity index (χ2n) is 2.70. The van der Waals surface area contributed by atoms with Gasteiger partial charge in [-0.3, -0.25) is 0 Å². The van der Waals surface area contributed by atoms with E-state index >= 15 is 0 Å². The summed E-state index contributed by atoms with van der Waals surface area (Å²) in [5, 5.41) is 0. The van der Waals surface area contributed by atoms with Crippen LogP contribution in [0, 0.1) is 0 Å². The number of nitrogens with zero attached hydrogens (tertiary/aromatic N) is 2. The van der Waals surface area contributed by atoms with Crippen molar-refractivity contribution < 1.29 is 0 Å². The van der Waals surface area contributed by atoms with Crippen molar-refractivity contribution in [3.63, 3.8) is 0 Å². The molecule has 0 radical (unpaired) electrons. The van der Waals surface area contributed by atoms with Gasteiger partial charge in [0.1, 0.15) is 15.5 Å². The Labute approximate surface area is 98.7 Å². The van der Waals surface area contributed by atoms with Crippen LogP contribution in [-0.2, 0) is 0 Å². The second kappa shape index (κ2) is 4.19. The van der Waals surface area contributed by atoms with E-state index in [1.807, 2.05) is 30.3 Å². The summed E-state index contributed by atoms with van der Waals surface area (Å²) < 4.78 is 1.59. The molecule has 0 amide bonds. The maximum atomic E-state index is 4.09. The fourth-order valence-corrected chi connectivity index (χ4v) is 2.47. The Kier molecular flexibility index (Phi) is 2.93. The first kappa shape index (κ1) is 9.80. The molecule has 0 unspecified atom stereocenters. The zero-order chi connectivity index (χ0) is 9.97. The molecule has 1 heterocycles. The van der Waals surface area contributed by atoms with E-state index in [9.17, 15) is 0 Å². The van der Waals surface area contributed by atoms with Crippen LogP contribution in [0.1, 0.15) is 0 Å². The molecule has 0 bridgehead atoms. The van der Waals surface area contributed by atoms with Gasteiger partial charge in [-0.15, -0.1) is 0 Å². The molecule has 1 aromatic carbocycles. The molecular weight excluding hydrogens is 308 g/mol. The van der Waals surface area contributed by atoms with Crippen LogP contribution in [-0.4, -0.2) is 9.97 Å². The summed E-state index contributed by atoms with van der Waals surface area (Å²) in [6, 6.07) is 10.00. The summed E-state index contributed by atoms with van der Waals surface area (Å²) in [4.78, 5) is 8.18. The van der Waals surface area contributed by atoms with Crippen LogP contribution in [0.3, 0.4) is 0 Å². The molecule has 0 aliphatic heterocycles. The summed E-state index contributed by atoms with van der Waals surface area (Å²) in [7, 11) is 0. The van der Waals surface area contributed by atoms with Crippen molar-refractivity contribution in [1.29, 1.82) is 0 Å². The molecule has 0 aliphatic carbocycles. The van der Waals surface area contributed by atoms with Crippen LogP contribution < -0.4 is 0 Å². The Morgan fingerprint density at radius 2 is 1.43 bits per heavy atom. The first-order valence-corrected chi connectivity index (χ1v) is 5.59. The van der Waals surface area contributed by atoms with Gasteiger partial charge < -0.3 is 0 Å². The Balaban J connectivity index is 2.63. The lowest BCUT2D eigenvalue weighted by Crippen LogP contribution is -1.88. The summed E-state index contributed by atoms with van der Waals surface area (Å²) in [6.07, 6.45) is 1.51. The highest BCUT2D eigenvalue weighted by atomic mass is 79.9. The van der Waals surface area contributed by atoms with Gasteiger partial charge in [-0.1, -0.05) is 30.3 Å². The molecule has 0 saturated carbocycles. The van der Waals surface area contributed by atoms with Gasteiger partial charge in [0.15, 0.2) is 0 Å². The average molecular weight is 314 g/mol. The minimum Gasteiger partial charge on any atom is -0.229 e. The zero-order valence-electron chi connectivity index (χ0n) is 7.11. The number of aromatic nitrogens is 2. The SMILES string of the molecule is Brc1ncnc(Br)c1-c1ccccc1. The Morgan fingerprint density at radius 1 is 0.857 bits per heavy atom. The van der Waals surface area contributed by atoms with Gasteiger partial charge in [0.05, 0.1) is 0 Å². The van der Waals surface area contributed by atoms with Crippen molar-refractivity contribution in [2.24, 2.45) is 0 Å². The largest absolute Gasteiger partial charge is 0.229 e. The number of hydrogen-bond donors (Lipinski definition) is 0. The fourth-order valence-electron chi connectivity index (χ4n) is 1.19. The van der Waals surface area contributed by atoms with E-state index in [1.54, 1.807) is 0 Å². The number of benzene rings is 1. The molecule has 2 aromatic rings. The van der Waals surface area contributed by atoms with Crippen LogP contribution in [0.2, 0.25) is 0 Å². The van der Waals surface area contributed by atoms with Gasteiger partial charge in [-0.05, 0) is 37.4 Å². The molecule has 0 atom stereocenters. The summed E-state index contributed by atoms with van der Waals surface area (Å²) in [6.45, 7) is 0. The highest BCUT2D eigenvalue weighted by Crippen LogP contribution is 2.31. The summed E-state index contributed by atoms with van der Waals surface area (Å²) in [5.74, 6) is 0. The van der Waals surface area contributed by atoms with E-state index in [2.05, 4.69) is 41.8 Å². The fraction of sp³-hybridized carbons (Fsp3) is 0. The highest BCUT2D eigenvalue weighted by molar-refractivity contribution is 9.11. The molecule has 1 aromatic heterocycles. The Bertz CT molecular complexity index is 423. The topological polar surface area (TPSA) is 25.8 Å². The van der Waals surface area contributed by atoms with Crippen molar-refractivity contribution in [3.8, 4) is 11.1 Å². The molecule has 4 heteroatoms. The van der Waals surface area contributed by atoms with Crippen LogP contribution in [0.5, 0.6) is 0 Å². The standard InChI is InChI=1S/C10H6Br2N2/c11-9-8(10(12)14-6-13-9)7-4-2-1-3-5-7/h1-6H. The maximum absolute atomic E-state index is 4.09. The highest BCUT2D eigenvalue weighted by Gasteiger charge is 2.08. The molecule has 2 nitrogen and oxygen atoms in total. The summed E-state index contributed by atoms with van der Waals surface area (Å²) >= 11 is 6.81. The third kappa shape index (κ3) is 1.86. The molecule has 14 heavy (non-hydrogen) atoms. The van der Waals surface area contributed by atoms with Crippen molar-refractivity contribution in [2.75, 3.05) is 0 Å². The van der Waals surface area contributed by atoms with Gasteiger partial charge >= 0.3 is 0 Å². The van der Waals surface area contributed by atoms with Crippen LogP contribution in [0.25, 0.3) is 11.1 Å².